The van der Waals surface area contributed by atoms with Crippen LogP contribution in [0.1, 0.15) is 33.4 Å². The van der Waals surface area contributed by atoms with Crippen LogP contribution in [0.5, 0.6) is 0 Å². The standard InChI is InChI=1S/C27H26N2O2/c1-16-7-11-21(12-8-16)24-25(28-23-14-17(2)6-9-19(23)4)27(31)29(26(24)30)22-13-10-18(3)20(5)15-22/h6-15,28H,1-5H3. The second-order valence-corrected chi connectivity index (χ2v) is 8.27. The number of hydrogen-bond acceptors (Lipinski definition) is 3. The van der Waals surface area contributed by atoms with Crippen molar-refractivity contribution in [1.82, 2.24) is 0 Å². The van der Waals surface area contributed by atoms with Crippen molar-refractivity contribution >= 4 is 28.8 Å². The summed E-state index contributed by atoms with van der Waals surface area (Å²) >= 11 is 0. The summed E-state index contributed by atoms with van der Waals surface area (Å²) in [5.41, 5.74) is 8.15. The highest BCUT2D eigenvalue weighted by Gasteiger charge is 2.40. The van der Waals surface area contributed by atoms with Crippen molar-refractivity contribution in [2.24, 2.45) is 0 Å². The topological polar surface area (TPSA) is 49.4 Å². The fraction of sp³-hybridized carbons (Fsp3) is 0.185. The van der Waals surface area contributed by atoms with E-state index in [1.807, 2.05) is 95.3 Å². The number of imide groups is 1. The van der Waals surface area contributed by atoms with Crippen molar-refractivity contribution in [3.8, 4) is 0 Å². The highest BCUT2D eigenvalue weighted by molar-refractivity contribution is 6.46. The summed E-state index contributed by atoms with van der Waals surface area (Å²) in [5, 5.41) is 3.29. The van der Waals surface area contributed by atoms with Gasteiger partial charge in [0.15, 0.2) is 0 Å². The van der Waals surface area contributed by atoms with E-state index in [2.05, 4.69) is 5.32 Å². The van der Waals surface area contributed by atoms with Gasteiger partial charge in [-0.25, -0.2) is 4.90 Å². The van der Waals surface area contributed by atoms with Crippen LogP contribution in [0.4, 0.5) is 11.4 Å². The third-order valence-electron chi connectivity index (χ3n) is 5.83. The Labute approximate surface area is 183 Å². The van der Waals surface area contributed by atoms with Gasteiger partial charge in [-0.1, -0.05) is 48.0 Å². The van der Waals surface area contributed by atoms with Crippen molar-refractivity contribution in [1.29, 1.82) is 0 Å². The average molecular weight is 411 g/mol. The van der Waals surface area contributed by atoms with Crippen molar-refractivity contribution in [3.63, 3.8) is 0 Å². The molecule has 1 heterocycles. The number of rotatable bonds is 4. The zero-order valence-electron chi connectivity index (χ0n) is 18.5. The predicted octanol–water partition coefficient (Wildman–Crippen LogP) is 5.63. The van der Waals surface area contributed by atoms with Crippen molar-refractivity contribution < 1.29 is 9.59 Å². The Kier molecular flexibility index (Phi) is 5.24. The quantitative estimate of drug-likeness (QED) is 0.568. The summed E-state index contributed by atoms with van der Waals surface area (Å²) in [6.45, 7) is 9.97. The Hall–Kier alpha value is -3.66. The summed E-state index contributed by atoms with van der Waals surface area (Å²) in [4.78, 5) is 28.4. The fourth-order valence-corrected chi connectivity index (χ4v) is 3.74. The normalized spacial score (nSPS) is 13.9. The number of hydrogen-bond donors (Lipinski definition) is 1. The van der Waals surface area contributed by atoms with E-state index < -0.39 is 0 Å². The van der Waals surface area contributed by atoms with Gasteiger partial charge in [0.1, 0.15) is 5.70 Å². The summed E-state index contributed by atoms with van der Waals surface area (Å²) in [6, 6.07) is 19.4. The first-order chi connectivity index (χ1) is 14.8. The lowest BCUT2D eigenvalue weighted by molar-refractivity contribution is -0.120. The van der Waals surface area contributed by atoms with Crippen LogP contribution in [-0.4, -0.2) is 11.8 Å². The van der Waals surface area contributed by atoms with Crippen LogP contribution in [-0.2, 0) is 9.59 Å². The number of amides is 2. The second kappa shape index (κ2) is 7.88. The van der Waals surface area contributed by atoms with Crippen LogP contribution in [0.25, 0.3) is 5.57 Å². The minimum absolute atomic E-state index is 0.306. The molecule has 0 bridgehead atoms. The van der Waals surface area contributed by atoms with E-state index in [0.717, 1.165) is 39.1 Å². The van der Waals surface area contributed by atoms with Crippen molar-refractivity contribution in [2.75, 3.05) is 10.2 Å². The maximum absolute atomic E-state index is 13.6. The first kappa shape index (κ1) is 20.6. The van der Waals surface area contributed by atoms with E-state index in [4.69, 9.17) is 0 Å². The van der Waals surface area contributed by atoms with Gasteiger partial charge in [0.2, 0.25) is 0 Å². The van der Waals surface area contributed by atoms with Crippen molar-refractivity contribution in [3.05, 3.63) is 99.7 Å². The van der Waals surface area contributed by atoms with Gasteiger partial charge in [0.05, 0.1) is 11.3 Å². The molecular weight excluding hydrogens is 384 g/mol. The van der Waals surface area contributed by atoms with Crippen molar-refractivity contribution in [2.45, 2.75) is 34.6 Å². The molecule has 2 amide bonds. The summed E-state index contributed by atoms with van der Waals surface area (Å²) in [6.07, 6.45) is 0. The number of carbonyl (C=O) groups excluding carboxylic acids is 2. The minimum Gasteiger partial charge on any atom is -0.350 e. The highest BCUT2D eigenvalue weighted by Crippen LogP contribution is 2.35. The maximum atomic E-state index is 13.6. The predicted molar refractivity (Wildman–Crippen MR) is 126 cm³/mol. The molecule has 0 spiro atoms. The molecule has 156 valence electrons. The van der Waals surface area contributed by atoms with E-state index in [0.29, 0.717) is 17.0 Å². The van der Waals surface area contributed by atoms with Crippen LogP contribution < -0.4 is 10.2 Å². The van der Waals surface area contributed by atoms with Gasteiger partial charge >= 0.3 is 0 Å². The molecule has 1 aliphatic heterocycles. The average Bonchev–Trinajstić information content (AvgIpc) is 2.97. The van der Waals surface area contributed by atoms with E-state index in [1.54, 1.807) is 0 Å². The lowest BCUT2D eigenvalue weighted by atomic mass is 10.0. The largest absolute Gasteiger partial charge is 0.350 e. The lowest BCUT2D eigenvalue weighted by Crippen LogP contribution is -2.32. The number of aryl methyl sites for hydroxylation is 5. The first-order valence-corrected chi connectivity index (χ1v) is 10.4. The molecule has 0 radical (unpaired) electrons. The molecule has 3 aromatic carbocycles. The lowest BCUT2D eigenvalue weighted by Gasteiger charge is -2.17. The van der Waals surface area contributed by atoms with Crippen LogP contribution >= 0.6 is 0 Å². The molecule has 0 saturated heterocycles. The third-order valence-corrected chi connectivity index (χ3v) is 5.83. The van der Waals surface area contributed by atoms with E-state index in [9.17, 15) is 9.59 Å². The number of benzene rings is 3. The van der Waals surface area contributed by atoms with E-state index in [-0.39, 0.29) is 11.8 Å². The molecule has 0 atom stereocenters. The molecule has 0 aromatic heterocycles. The fourth-order valence-electron chi connectivity index (χ4n) is 3.74. The van der Waals surface area contributed by atoms with Gasteiger partial charge in [-0.05, 0) is 80.6 Å². The molecule has 4 rings (SSSR count). The van der Waals surface area contributed by atoms with Crippen LogP contribution in [0.15, 0.2) is 66.4 Å². The SMILES string of the molecule is Cc1ccc(C2=C(Nc3cc(C)ccc3C)C(=O)N(c3ccc(C)c(C)c3)C2=O)cc1. The number of anilines is 2. The second-order valence-electron chi connectivity index (χ2n) is 8.27. The molecule has 31 heavy (non-hydrogen) atoms. The zero-order valence-corrected chi connectivity index (χ0v) is 18.5. The number of carbonyl (C=O) groups is 2. The minimum atomic E-state index is -0.343. The molecule has 1 aliphatic rings. The third kappa shape index (κ3) is 3.77. The van der Waals surface area contributed by atoms with E-state index >= 15 is 0 Å². The van der Waals surface area contributed by atoms with Gasteiger partial charge in [-0.15, -0.1) is 0 Å². The molecule has 4 nitrogen and oxygen atoms in total. The van der Waals surface area contributed by atoms with Gasteiger partial charge in [-0.2, -0.15) is 0 Å². The Bertz CT molecular complexity index is 1240. The van der Waals surface area contributed by atoms with Gasteiger partial charge < -0.3 is 5.32 Å². The highest BCUT2D eigenvalue weighted by atomic mass is 16.2. The molecular formula is C27H26N2O2. The molecule has 4 heteroatoms. The number of nitrogens with one attached hydrogen (secondary N) is 1. The molecule has 0 fully saturated rings. The zero-order chi connectivity index (χ0) is 22.3. The smallest absolute Gasteiger partial charge is 0.282 e. The number of nitrogens with zero attached hydrogens (tertiary/aromatic N) is 1. The molecule has 1 N–H and O–H groups in total. The molecule has 3 aromatic rings. The molecule has 0 saturated carbocycles. The van der Waals surface area contributed by atoms with Gasteiger partial charge in [0.25, 0.3) is 11.8 Å². The van der Waals surface area contributed by atoms with Crippen LogP contribution in [0.2, 0.25) is 0 Å². The van der Waals surface area contributed by atoms with E-state index in [1.165, 1.54) is 4.90 Å². The van der Waals surface area contributed by atoms with Crippen LogP contribution in [0, 0.1) is 34.6 Å². The summed E-state index contributed by atoms with van der Waals surface area (Å²) in [5.74, 6) is -0.658. The first-order valence-electron chi connectivity index (χ1n) is 10.4. The van der Waals surface area contributed by atoms with Gasteiger partial charge in [0, 0.05) is 5.69 Å². The Morgan fingerprint density at radius 1 is 0.645 bits per heavy atom. The van der Waals surface area contributed by atoms with Crippen LogP contribution in [0.3, 0.4) is 0 Å². The maximum Gasteiger partial charge on any atom is 0.282 e. The summed E-state index contributed by atoms with van der Waals surface area (Å²) < 4.78 is 0. The monoisotopic (exact) mass is 410 g/mol. The summed E-state index contributed by atoms with van der Waals surface area (Å²) in [7, 11) is 0. The van der Waals surface area contributed by atoms with Gasteiger partial charge in [-0.3, -0.25) is 9.59 Å². The Morgan fingerprint density at radius 3 is 1.97 bits per heavy atom. The Balaban J connectivity index is 1.85. The molecule has 0 aliphatic carbocycles. The molecule has 0 unspecified atom stereocenters. The Morgan fingerprint density at radius 2 is 1.29 bits per heavy atom.